The topological polar surface area (TPSA) is 18.8 Å². The zero-order valence-corrected chi connectivity index (χ0v) is 18.8. The first-order chi connectivity index (χ1) is 14.3. The summed E-state index contributed by atoms with van der Waals surface area (Å²) >= 11 is 1.51. The lowest BCUT2D eigenvalue weighted by molar-refractivity contribution is -0.137. The van der Waals surface area contributed by atoms with Crippen LogP contribution in [0.3, 0.4) is 0 Å². The van der Waals surface area contributed by atoms with E-state index in [0.29, 0.717) is 5.69 Å². The van der Waals surface area contributed by atoms with E-state index in [0.717, 1.165) is 46.4 Å². The Kier molecular flexibility index (Phi) is 5.77. The summed E-state index contributed by atoms with van der Waals surface area (Å²) in [4.78, 5) is 10.9. The highest BCUT2D eigenvalue weighted by Crippen LogP contribution is 2.52. The van der Waals surface area contributed by atoms with E-state index >= 15 is 0 Å². The number of para-hydroxylation sites is 1. The van der Waals surface area contributed by atoms with Crippen LogP contribution in [0.2, 0.25) is 0 Å². The van der Waals surface area contributed by atoms with Gasteiger partial charge < -0.3 is 4.90 Å². The number of benzene rings is 2. The average Bonchev–Trinajstić information content (AvgIpc) is 3.30. The molecule has 3 heterocycles. The second-order valence-corrected chi connectivity index (χ2v) is 9.12. The fourth-order valence-corrected chi connectivity index (χ4v) is 5.41. The zero-order chi connectivity index (χ0) is 21.0. The monoisotopic (exact) mass is 465 g/mol. The molecule has 5 rings (SSSR count). The first-order valence-electron chi connectivity index (χ1n) is 10.2. The number of aliphatic imine (C=N–C) groups is 1. The maximum Gasteiger partial charge on any atom is 0.416 e. The van der Waals surface area contributed by atoms with Crippen LogP contribution >= 0.6 is 24.2 Å². The Morgan fingerprint density at radius 3 is 2.48 bits per heavy atom. The van der Waals surface area contributed by atoms with E-state index in [2.05, 4.69) is 24.8 Å². The first-order valence-corrected chi connectivity index (χ1v) is 11.0. The quantitative estimate of drug-likeness (QED) is 0.442. The number of nitrogens with zero attached hydrogens (tertiary/aromatic N) is 3. The summed E-state index contributed by atoms with van der Waals surface area (Å²) < 4.78 is 40.5. The van der Waals surface area contributed by atoms with Crippen molar-refractivity contribution >= 4 is 41.4 Å². The Bertz CT molecular complexity index is 1070. The summed E-state index contributed by atoms with van der Waals surface area (Å²) in [7, 11) is 0. The molecule has 0 radical (unpaired) electrons. The van der Waals surface area contributed by atoms with Gasteiger partial charge >= 0.3 is 6.18 Å². The van der Waals surface area contributed by atoms with E-state index in [9.17, 15) is 13.2 Å². The third kappa shape index (κ3) is 3.82. The minimum Gasteiger partial charge on any atom is -0.313 e. The normalized spacial score (nSPS) is 22.5. The van der Waals surface area contributed by atoms with Crippen molar-refractivity contribution in [3.05, 3.63) is 59.9 Å². The van der Waals surface area contributed by atoms with Crippen molar-refractivity contribution in [3.63, 3.8) is 0 Å². The Morgan fingerprint density at radius 2 is 1.77 bits per heavy atom. The molecule has 0 spiro atoms. The van der Waals surface area contributed by atoms with Gasteiger partial charge in [-0.2, -0.15) is 13.2 Å². The van der Waals surface area contributed by atoms with Crippen molar-refractivity contribution < 1.29 is 13.2 Å². The third-order valence-corrected chi connectivity index (χ3v) is 6.97. The van der Waals surface area contributed by atoms with Gasteiger partial charge in [-0.3, -0.25) is 9.89 Å². The lowest BCUT2D eigenvalue weighted by atomic mass is 10.1. The van der Waals surface area contributed by atoms with Gasteiger partial charge in [-0.15, -0.1) is 12.4 Å². The van der Waals surface area contributed by atoms with Gasteiger partial charge in [0, 0.05) is 28.3 Å². The van der Waals surface area contributed by atoms with Crippen LogP contribution in [0, 0.1) is 0 Å². The molecule has 3 aliphatic heterocycles. The molecule has 0 bridgehead atoms. The van der Waals surface area contributed by atoms with Gasteiger partial charge in [0.05, 0.1) is 16.9 Å². The first kappa shape index (κ1) is 22.1. The number of hydrogen-bond acceptors (Lipinski definition) is 4. The molecule has 0 aromatic heterocycles. The van der Waals surface area contributed by atoms with E-state index in [1.165, 1.54) is 23.9 Å². The summed E-state index contributed by atoms with van der Waals surface area (Å²) in [6.45, 7) is 4.25. The average molecular weight is 466 g/mol. The minimum absolute atomic E-state index is 0. The summed E-state index contributed by atoms with van der Waals surface area (Å²) in [5, 5.41) is 0. The molecule has 0 N–H and O–H groups in total. The summed E-state index contributed by atoms with van der Waals surface area (Å²) in [5.41, 5.74) is 0.855. The van der Waals surface area contributed by atoms with Gasteiger partial charge in [0.25, 0.3) is 0 Å². The fourth-order valence-electron chi connectivity index (χ4n) is 4.37. The molecule has 2 aromatic carbocycles. The summed E-state index contributed by atoms with van der Waals surface area (Å²) in [6.07, 6.45) is 0.482. The fraction of sp³-hybridized carbons (Fsp3) is 0.348. The number of alkyl halides is 3. The number of amidine groups is 1. The van der Waals surface area contributed by atoms with Crippen molar-refractivity contribution in [1.82, 2.24) is 4.90 Å². The molecule has 0 saturated carbocycles. The molecule has 2 atom stereocenters. The molecule has 0 fully saturated rings. The van der Waals surface area contributed by atoms with Crippen molar-refractivity contribution in [2.45, 2.75) is 61.2 Å². The maximum atomic E-state index is 13.5. The van der Waals surface area contributed by atoms with Gasteiger partial charge in [0.15, 0.2) is 0 Å². The van der Waals surface area contributed by atoms with Crippen LogP contribution in [0.25, 0.3) is 0 Å². The van der Waals surface area contributed by atoms with Crippen LogP contribution in [-0.4, -0.2) is 22.8 Å². The molecule has 3 aliphatic rings. The SMILES string of the molecule is CC1CCC(N2C(N3c4ccccc4Sc4ccc(C(F)(F)F)cc43)=CCC2C)=N1.Cl. The van der Waals surface area contributed by atoms with Gasteiger partial charge in [-0.25, -0.2) is 0 Å². The number of rotatable bonds is 1. The highest BCUT2D eigenvalue weighted by Gasteiger charge is 2.38. The molecule has 0 amide bonds. The number of fused-ring (bicyclic) bond motifs is 2. The van der Waals surface area contributed by atoms with Gasteiger partial charge in [-0.1, -0.05) is 23.9 Å². The Balaban J connectivity index is 0.00000231. The van der Waals surface area contributed by atoms with Crippen LogP contribution in [0.4, 0.5) is 24.5 Å². The molecule has 31 heavy (non-hydrogen) atoms. The molecule has 2 unspecified atom stereocenters. The number of anilines is 2. The van der Waals surface area contributed by atoms with Crippen LogP contribution in [0.5, 0.6) is 0 Å². The Labute approximate surface area is 190 Å². The molecule has 0 saturated heterocycles. The largest absolute Gasteiger partial charge is 0.416 e. The van der Waals surface area contributed by atoms with Crippen LogP contribution in [0.1, 0.15) is 38.7 Å². The van der Waals surface area contributed by atoms with E-state index in [-0.39, 0.29) is 24.5 Å². The lowest BCUT2D eigenvalue weighted by Crippen LogP contribution is -2.39. The predicted molar refractivity (Wildman–Crippen MR) is 122 cm³/mol. The van der Waals surface area contributed by atoms with Crippen molar-refractivity contribution in [1.29, 1.82) is 0 Å². The molecule has 3 nitrogen and oxygen atoms in total. The second-order valence-electron chi connectivity index (χ2n) is 8.04. The number of hydrogen-bond donors (Lipinski definition) is 0. The van der Waals surface area contributed by atoms with Crippen LogP contribution in [-0.2, 0) is 6.18 Å². The predicted octanol–water partition coefficient (Wildman–Crippen LogP) is 7.25. The number of halogens is 4. The van der Waals surface area contributed by atoms with E-state index in [1.807, 2.05) is 29.2 Å². The Hall–Kier alpha value is -2.12. The smallest absolute Gasteiger partial charge is 0.313 e. The minimum atomic E-state index is -4.38. The van der Waals surface area contributed by atoms with Crippen LogP contribution < -0.4 is 4.90 Å². The van der Waals surface area contributed by atoms with Crippen molar-refractivity contribution in [3.8, 4) is 0 Å². The van der Waals surface area contributed by atoms with Crippen molar-refractivity contribution in [2.24, 2.45) is 4.99 Å². The van der Waals surface area contributed by atoms with Gasteiger partial charge in [0.1, 0.15) is 11.7 Å². The maximum absolute atomic E-state index is 13.5. The summed E-state index contributed by atoms with van der Waals surface area (Å²) in [6, 6.07) is 12.4. The van der Waals surface area contributed by atoms with Crippen LogP contribution in [0.15, 0.2) is 69.1 Å². The van der Waals surface area contributed by atoms with Gasteiger partial charge in [0.2, 0.25) is 0 Å². The Morgan fingerprint density at radius 1 is 1.03 bits per heavy atom. The van der Waals surface area contributed by atoms with Gasteiger partial charge in [-0.05, 0) is 63.1 Å². The second kappa shape index (κ2) is 8.10. The molecule has 8 heteroatoms. The van der Waals surface area contributed by atoms with E-state index in [4.69, 9.17) is 4.99 Å². The van der Waals surface area contributed by atoms with E-state index in [1.54, 1.807) is 6.07 Å². The van der Waals surface area contributed by atoms with E-state index < -0.39 is 11.7 Å². The third-order valence-electron chi connectivity index (χ3n) is 5.84. The lowest BCUT2D eigenvalue weighted by Gasteiger charge is -2.39. The molecule has 0 aliphatic carbocycles. The standard InChI is InChI=1S/C23H22F3N3S.ClH/c1-14-7-11-21(27-14)28-15(2)8-12-22(28)29-17-5-3-4-6-19(17)30-20-10-9-16(13-18(20)29)23(24,25)26;/h3-6,9-10,12-15H,7-8,11H2,1-2H3;1H. The molecule has 164 valence electrons. The summed E-state index contributed by atoms with van der Waals surface area (Å²) in [5.74, 6) is 1.94. The highest BCUT2D eigenvalue weighted by molar-refractivity contribution is 7.99. The molecular weight excluding hydrogens is 443 g/mol. The molecule has 2 aromatic rings. The van der Waals surface area contributed by atoms with Crippen molar-refractivity contribution in [2.75, 3.05) is 4.90 Å². The molecular formula is C23H23ClF3N3S. The highest BCUT2D eigenvalue weighted by atomic mass is 35.5. The zero-order valence-electron chi connectivity index (χ0n) is 17.2.